The van der Waals surface area contributed by atoms with Gasteiger partial charge in [0.25, 0.3) is 5.91 Å². The predicted molar refractivity (Wildman–Crippen MR) is 77.4 cm³/mol. The lowest BCUT2D eigenvalue weighted by molar-refractivity contribution is 0.0938. The monoisotopic (exact) mass is 348 g/mol. The molecule has 1 aromatic rings. The van der Waals surface area contributed by atoms with Crippen LogP contribution in [0.3, 0.4) is 0 Å². The fraction of sp³-hybridized carbons (Fsp3) is 0.417. The van der Waals surface area contributed by atoms with E-state index in [0.717, 1.165) is 12.8 Å². The lowest BCUT2D eigenvalue weighted by Gasteiger charge is -2.13. The predicted octanol–water partition coefficient (Wildman–Crippen LogP) is 2.01. The minimum Gasteiger partial charge on any atom is -0.350 e. The molecule has 0 aliphatic rings. The number of carbonyl (C=O) groups is 1. The van der Waals surface area contributed by atoms with Crippen LogP contribution in [0.25, 0.3) is 0 Å². The van der Waals surface area contributed by atoms with Crippen LogP contribution in [-0.4, -0.2) is 20.4 Å². The van der Waals surface area contributed by atoms with Crippen molar-refractivity contribution in [2.45, 2.75) is 37.6 Å². The number of rotatable bonds is 5. The molecule has 106 valence electrons. The molecule has 0 aromatic heterocycles. The summed E-state index contributed by atoms with van der Waals surface area (Å²) in [7, 11) is -3.83. The van der Waals surface area contributed by atoms with Crippen molar-refractivity contribution < 1.29 is 13.2 Å². The summed E-state index contributed by atoms with van der Waals surface area (Å²) in [6, 6.07) is 4.23. The largest absolute Gasteiger partial charge is 0.350 e. The quantitative estimate of drug-likeness (QED) is 0.852. The number of hydrogen-bond acceptors (Lipinski definition) is 3. The number of primary sulfonamides is 1. The zero-order valence-corrected chi connectivity index (χ0v) is 13.2. The fourth-order valence-electron chi connectivity index (χ4n) is 1.67. The molecule has 7 heteroatoms. The van der Waals surface area contributed by atoms with Gasteiger partial charge in [0.1, 0.15) is 0 Å². The molecular formula is C12H17BrN2O3S. The van der Waals surface area contributed by atoms with E-state index >= 15 is 0 Å². The van der Waals surface area contributed by atoms with Crippen molar-refractivity contribution in [2.75, 3.05) is 0 Å². The van der Waals surface area contributed by atoms with Crippen molar-refractivity contribution in [1.82, 2.24) is 5.32 Å². The van der Waals surface area contributed by atoms with Crippen LogP contribution in [0, 0.1) is 0 Å². The maximum Gasteiger partial charge on any atom is 0.251 e. The van der Waals surface area contributed by atoms with Crippen molar-refractivity contribution in [3.8, 4) is 0 Å². The van der Waals surface area contributed by atoms with E-state index in [-0.39, 0.29) is 22.4 Å². The average Bonchev–Trinajstić information content (AvgIpc) is 2.27. The van der Waals surface area contributed by atoms with Crippen molar-refractivity contribution >= 4 is 31.9 Å². The van der Waals surface area contributed by atoms with Gasteiger partial charge in [-0.2, -0.15) is 0 Å². The highest BCUT2D eigenvalue weighted by molar-refractivity contribution is 9.10. The molecule has 1 rings (SSSR count). The molecule has 3 N–H and O–H groups in total. The summed E-state index contributed by atoms with van der Waals surface area (Å²) in [5.41, 5.74) is 0.265. The molecule has 0 spiro atoms. The van der Waals surface area contributed by atoms with Crippen molar-refractivity contribution in [3.05, 3.63) is 28.2 Å². The maximum absolute atomic E-state index is 12.0. The molecule has 0 heterocycles. The molecule has 0 fully saturated rings. The second kappa shape index (κ2) is 6.49. The number of halogens is 1. The van der Waals surface area contributed by atoms with E-state index in [9.17, 15) is 13.2 Å². The normalized spacial score (nSPS) is 13.1. The van der Waals surface area contributed by atoms with Crippen LogP contribution in [-0.2, 0) is 10.0 Å². The Hall–Kier alpha value is -0.920. The maximum atomic E-state index is 12.0. The van der Waals surface area contributed by atoms with E-state index in [2.05, 4.69) is 21.2 Å². The highest BCUT2D eigenvalue weighted by Crippen LogP contribution is 2.19. The van der Waals surface area contributed by atoms with Gasteiger partial charge in [0, 0.05) is 16.1 Å². The number of sulfonamides is 1. The molecule has 19 heavy (non-hydrogen) atoms. The molecule has 0 saturated carbocycles. The Balaban J connectivity index is 3.01. The van der Waals surface area contributed by atoms with Crippen molar-refractivity contribution in [1.29, 1.82) is 0 Å². The molecule has 0 aliphatic carbocycles. The van der Waals surface area contributed by atoms with E-state index in [1.807, 2.05) is 13.8 Å². The Bertz CT molecular complexity index is 572. The first-order valence-electron chi connectivity index (χ1n) is 5.88. The third kappa shape index (κ3) is 4.93. The first-order valence-corrected chi connectivity index (χ1v) is 8.22. The first-order chi connectivity index (χ1) is 8.74. The topological polar surface area (TPSA) is 89.3 Å². The van der Waals surface area contributed by atoms with Gasteiger partial charge in [0.2, 0.25) is 10.0 Å². The first kappa shape index (κ1) is 16.1. The van der Waals surface area contributed by atoms with Crippen LogP contribution in [0.2, 0.25) is 0 Å². The fourth-order valence-corrected chi connectivity index (χ4v) is 2.90. The number of amides is 1. The van der Waals surface area contributed by atoms with Gasteiger partial charge in [0.05, 0.1) is 4.90 Å². The number of nitrogens with one attached hydrogen (secondary N) is 1. The zero-order chi connectivity index (χ0) is 14.6. The number of benzene rings is 1. The summed E-state index contributed by atoms with van der Waals surface area (Å²) in [4.78, 5) is 11.9. The average molecular weight is 349 g/mol. The third-order valence-electron chi connectivity index (χ3n) is 2.56. The number of hydrogen-bond donors (Lipinski definition) is 2. The van der Waals surface area contributed by atoms with Gasteiger partial charge >= 0.3 is 0 Å². The SMILES string of the molecule is CCCC(C)NC(=O)c1cc(Br)cc(S(N)(=O)=O)c1. The van der Waals surface area contributed by atoms with Crippen LogP contribution in [0.4, 0.5) is 0 Å². The summed E-state index contributed by atoms with van der Waals surface area (Å²) in [5.74, 6) is -0.313. The highest BCUT2D eigenvalue weighted by atomic mass is 79.9. The van der Waals surface area contributed by atoms with E-state index in [1.54, 1.807) is 6.07 Å². The summed E-state index contributed by atoms with van der Waals surface area (Å²) < 4.78 is 23.1. The van der Waals surface area contributed by atoms with Crippen LogP contribution in [0.15, 0.2) is 27.6 Å². The lowest BCUT2D eigenvalue weighted by Crippen LogP contribution is -2.32. The Morgan fingerprint density at radius 1 is 1.42 bits per heavy atom. The van der Waals surface area contributed by atoms with Crippen LogP contribution < -0.4 is 10.5 Å². The van der Waals surface area contributed by atoms with E-state index in [4.69, 9.17) is 5.14 Å². The Kier molecular flexibility index (Phi) is 5.51. The van der Waals surface area contributed by atoms with Gasteiger partial charge in [-0.1, -0.05) is 29.3 Å². The smallest absolute Gasteiger partial charge is 0.251 e. The molecule has 5 nitrogen and oxygen atoms in total. The van der Waals surface area contributed by atoms with Gasteiger partial charge in [0.15, 0.2) is 0 Å². The summed E-state index contributed by atoms with van der Waals surface area (Å²) in [6.07, 6.45) is 1.82. The Labute approximate surface area is 121 Å². The van der Waals surface area contributed by atoms with E-state index in [0.29, 0.717) is 4.47 Å². The van der Waals surface area contributed by atoms with Crippen LogP contribution >= 0.6 is 15.9 Å². The van der Waals surface area contributed by atoms with E-state index < -0.39 is 10.0 Å². The number of carbonyl (C=O) groups excluding carboxylic acids is 1. The number of nitrogens with two attached hydrogens (primary N) is 1. The van der Waals surface area contributed by atoms with Gasteiger partial charge in [-0.25, -0.2) is 13.6 Å². The molecule has 1 amide bonds. The molecule has 1 unspecified atom stereocenters. The van der Waals surface area contributed by atoms with Crippen LogP contribution in [0.1, 0.15) is 37.0 Å². The lowest BCUT2D eigenvalue weighted by atomic mass is 10.1. The van der Waals surface area contributed by atoms with Crippen molar-refractivity contribution in [3.63, 3.8) is 0 Å². The van der Waals surface area contributed by atoms with Gasteiger partial charge < -0.3 is 5.32 Å². The molecule has 0 bridgehead atoms. The summed E-state index contributed by atoms with van der Waals surface area (Å²) in [5, 5.41) is 7.87. The minimum absolute atomic E-state index is 0.0365. The summed E-state index contributed by atoms with van der Waals surface area (Å²) >= 11 is 3.17. The second-order valence-electron chi connectivity index (χ2n) is 4.38. The zero-order valence-electron chi connectivity index (χ0n) is 10.8. The third-order valence-corrected chi connectivity index (χ3v) is 3.91. The molecule has 0 saturated heterocycles. The molecule has 0 radical (unpaired) electrons. The Morgan fingerprint density at radius 3 is 2.58 bits per heavy atom. The molecule has 1 aromatic carbocycles. The van der Waals surface area contributed by atoms with Gasteiger partial charge in [-0.15, -0.1) is 0 Å². The van der Waals surface area contributed by atoms with E-state index in [1.165, 1.54) is 12.1 Å². The Morgan fingerprint density at radius 2 is 2.05 bits per heavy atom. The van der Waals surface area contributed by atoms with Crippen LogP contribution in [0.5, 0.6) is 0 Å². The van der Waals surface area contributed by atoms with Crippen molar-refractivity contribution in [2.24, 2.45) is 5.14 Å². The molecular weight excluding hydrogens is 332 g/mol. The minimum atomic E-state index is -3.83. The summed E-state index contributed by atoms with van der Waals surface area (Å²) in [6.45, 7) is 3.93. The van der Waals surface area contributed by atoms with Gasteiger partial charge in [-0.05, 0) is 31.5 Å². The molecule has 1 atom stereocenters. The highest BCUT2D eigenvalue weighted by Gasteiger charge is 2.15. The van der Waals surface area contributed by atoms with Gasteiger partial charge in [-0.3, -0.25) is 4.79 Å². The standard InChI is InChI=1S/C12H17BrN2O3S/c1-3-4-8(2)15-12(16)9-5-10(13)7-11(6-9)19(14,17)18/h5-8H,3-4H2,1-2H3,(H,15,16)(H2,14,17,18). The molecule has 0 aliphatic heterocycles. The second-order valence-corrected chi connectivity index (χ2v) is 6.86.